The molecular formula is C20H18O4. The Hall–Kier alpha value is -2.88. The molecule has 0 spiro atoms. The Morgan fingerprint density at radius 1 is 1.12 bits per heavy atom. The highest BCUT2D eigenvalue weighted by Gasteiger charge is 2.12. The number of esters is 1. The number of benzene rings is 2. The molecule has 4 nitrogen and oxygen atoms in total. The number of fused-ring (bicyclic) bond motifs is 1. The van der Waals surface area contributed by atoms with E-state index < -0.39 is 11.6 Å². The van der Waals surface area contributed by atoms with E-state index in [0.717, 1.165) is 22.9 Å². The summed E-state index contributed by atoms with van der Waals surface area (Å²) in [5, 5.41) is 0.782. The van der Waals surface area contributed by atoms with Crippen LogP contribution < -0.4 is 5.63 Å². The first-order chi connectivity index (χ1) is 11.6. The summed E-state index contributed by atoms with van der Waals surface area (Å²) in [6.45, 7) is 3.92. The van der Waals surface area contributed by atoms with E-state index in [1.165, 1.54) is 6.07 Å². The highest BCUT2D eigenvalue weighted by atomic mass is 16.5. The second-order valence-electron chi connectivity index (χ2n) is 5.67. The van der Waals surface area contributed by atoms with E-state index in [1.807, 2.05) is 44.2 Å². The summed E-state index contributed by atoms with van der Waals surface area (Å²) in [7, 11) is 0. The number of hydrogen-bond donors (Lipinski definition) is 0. The van der Waals surface area contributed by atoms with E-state index in [-0.39, 0.29) is 6.61 Å². The zero-order valence-electron chi connectivity index (χ0n) is 13.7. The first kappa shape index (κ1) is 16.0. The van der Waals surface area contributed by atoms with Gasteiger partial charge in [0.05, 0.1) is 5.56 Å². The molecule has 2 aromatic carbocycles. The van der Waals surface area contributed by atoms with Crippen LogP contribution in [-0.2, 0) is 17.8 Å². The normalized spacial score (nSPS) is 10.8. The predicted octanol–water partition coefficient (Wildman–Crippen LogP) is 4.02. The van der Waals surface area contributed by atoms with E-state index >= 15 is 0 Å². The van der Waals surface area contributed by atoms with Crippen LogP contribution in [0.25, 0.3) is 11.0 Å². The maximum absolute atomic E-state index is 12.2. The van der Waals surface area contributed by atoms with Crippen LogP contribution in [-0.4, -0.2) is 5.97 Å². The lowest BCUT2D eigenvalue weighted by molar-refractivity contribution is 0.0473. The van der Waals surface area contributed by atoms with Gasteiger partial charge in [0.2, 0.25) is 0 Å². The number of rotatable bonds is 4. The average Bonchev–Trinajstić information content (AvgIpc) is 2.59. The molecular weight excluding hydrogens is 304 g/mol. The molecule has 0 aliphatic rings. The SMILES string of the molecule is CCc1ccc2c(COC(=O)c3ccccc3C)cc(=O)oc2c1. The van der Waals surface area contributed by atoms with Gasteiger partial charge in [-0.2, -0.15) is 0 Å². The number of aryl methyl sites for hydroxylation is 2. The number of ether oxygens (including phenoxy) is 1. The van der Waals surface area contributed by atoms with Crippen molar-refractivity contribution >= 4 is 16.9 Å². The summed E-state index contributed by atoms with van der Waals surface area (Å²) >= 11 is 0. The summed E-state index contributed by atoms with van der Waals surface area (Å²) in [6.07, 6.45) is 0.853. The molecule has 4 heteroatoms. The molecule has 0 saturated heterocycles. The molecule has 0 bridgehead atoms. The molecule has 0 atom stereocenters. The lowest BCUT2D eigenvalue weighted by Crippen LogP contribution is -2.09. The largest absolute Gasteiger partial charge is 0.457 e. The molecule has 0 radical (unpaired) electrons. The standard InChI is InChI=1S/C20H18O4/c1-3-14-8-9-17-15(11-19(21)24-18(17)10-14)12-23-20(22)16-7-5-4-6-13(16)2/h4-11H,3,12H2,1-2H3. The quantitative estimate of drug-likeness (QED) is 0.538. The van der Waals surface area contributed by atoms with Gasteiger partial charge in [-0.1, -0.05) is 37.3 Å². The van der Waals surface area contributed by atoms with E-state index in [0.29, 0.717) is 16.7 Å². The van der Waals surface area contributed by atoms with E-state index in [4.69, 9.17) is 9.15 Å². The van der Waals surface area contributed by atoms with Gasteiger partial charge in [0, 0.05) is 17.0 Å². The Kier molecular flexibility index (Phi) is 4.47. The van der Waals surface area contributed by atoms with Crippen LogP contribution in [0.3, 0.4) is 0 Å². The van der Waals surface area contributed by atoms with Crippen molar-refractivity contribution in [3.63, 3.8) is 0 Å². The van der Waals surface area contributed by atoms with Crippen LogP contribution in [0.4, 0.5) is 0 Å². The van der Waals surface area contributed by atoms with Crippen molar-refractivity contribution in [2.45, 2.75) is 26.9 Å². The van der Waals surface area contributed by atoms with E-state index in [2.05, 4.69) is 0 Å². The van der Waals surface area contributed by atoms with Gasteiger partial charge >= 0.3 is 11.6 Å². The van der Waals surface area contributed by atoms with Crippen LogP contribution in [0.2, 0.25) is 0 Å². The fourth-order valence-corrected chi connectivity index (χ4v) is 2.64. The van der Waals surface area contributed by atoms with Gasteiger partial charge in [-0.25, -0.2) is 9.59 Å². The Balaban J connectivity index is 1.89. The van der Waals surface area contributed by atoms with Crippen molar-refractivity contribution in [3.8, 4) is 0 Å². The van der Waals surface area contributed by atoms with Crippen LogP contribution >= 0.6 is 0 Å². The van der Waals surface area contributed by atoms with Gasteiger partial charge in [-0.05, 0) is 36.6 Å². The highest BCUT2D eigenvalue weighted by Crippen LogP contribution is 2.20. The first-order valence-electron chi connectivity index (χ1n) is 7.87. The zero-order valence-corrected chi connectivity index (χ0v) is 13.7. The topological polar surface area (TPSA) is 56.5 Å². The van der Waals surface area contributed by atoms with Crippen molar-refractivity contribution in [3.05, 3.63) is 81.2 Å². The maximum Gasteiger partial charge on any atom is 0.338 e. The predicted molar refractivity (Wildman–Crippen MR) is 92.2 cm³/mol. The Morgan fingerprint density at radius 2 is 1.92 bits per heavy atom. The smallest absolute Gasteiger partial charge is 0.338 e. The summed E-state index contributed by atoms with van der Waals surface area (Å²) in [5.41, 5.74) is 3.18. The molecule has 1 aromatic heterocycles. The molecule has 0 saturated carbocycles. The van der Waals surface area contributed by atoms with E-state index in [9.17, 15) is 9.59 Å². The zero-order chi connectivity index (χ0) is 17.1. The molecule has 0 amide bonds. The second-order valence-corrected chi connectivity index (χ2v) is 5.67. The Bertz CT molecular complexity index is 953. The van der Waals surface area contributed by atoms with Gasteiger partial charge < -0.3 is 9.15 Å². The minimum Gasteiger partial charge on any atom is -0.457 e. The number of carbonyl (C=O) groups is 1. The summed E-state index contributed by atoms with van der Waals surface area (Å²) < 4.78 is 10.7. The fourth-order valence-electron chi connectivity index (χ4n) is 2.64. The van der Waals surface area contributed by atoms with Crippen LogP contribution in [0, 0.1) is 6.92 Å². The fraction of sp³-hybridized carbons (Fsp3) is 0.200. The van der Waals surface area contributed by atoms with Crippen LogP contribution in [0.1, 0.15) is 34.0 Å². The highest BCUT2D eigenvalue weighted by molar-refractivity contribution is 5.91. The molecule has 0 fully saturated rings. The van der Waals surface area contributed by atoms with Gasteiger partial charge in [-0.15, -0.1) is 0 Å². The molecule has 1 heterocycles. The maximum atomic E-state index is 12.2. The third-order valence-electron chi connectivity index (χ3n) is 4.03. The molecule has 0 aliphatic carbocycles. The monoisotopic (exact) mass is 322 g/mol. The molecule has 122 valence electrons. The average molecular weight is 322 g/mol. The molecule has 24 heavy (non-hydrogen) atoms. The molecule has 0 N–H and O–H groups in total. The number of carbonyl (C=O) groups excluding carboxylic acids is 1. The molecule has 3 rings (SSSR count). The molecule has 3 aromatic rings. The van der Waals surface area contributed by atoms with Crippen molar-refractivity contribution in [1.29, 1.82) is 0 Å². The third-order valence-corrected chi connectivity index (χ3v) is 4.03. The van der Waals surface area contributed by atoms with Crippen LogP contribution in [0.15, 0.2) is 57.7 Å². The molecule has 0 unspecified atom stereocenters. The Labute approximate surface area is 139 Å². The van der Waals surface area contributed by atoms with Gasteiger partial charge in [0.25, 0.3) is 0 Å². The van der Waals surface area contributed by atoms with Gasteiger partial charge in [-0.3, -0.25) is 0 Å². The minimum atomic E-state index is -0.447. The summed E-state index contributed by atoms with van der Waals surface area (Å²) in [4.78, 5) is 24.0. The van der Waals surface area contributed by atoms with Crippen molar-refractivity contribution in [2.24, 2.45) is 0 Å². The van der Waals surface area contributed by atoms with Crippen molar-refractivity contribution in [2.75, 3.05) is 0 Å². The van der Waals surface area contributed by atoms with Gasteiger partial charge in [0.1, 0.15) is 12.2 Å². The molecule has 0 aliphatic heterocycles. The summed E-state index contributed by atoms with van der Waals surface area (Å²) in [6, 6.07) is 14.3. The Morgan fingerprint density at radius 3 is 2.67 bits per heavy atom. The first-order valence-corrected chi connectivity index (χ1v) is 7.87. The summed E-state index contributed by atoms with van der Waals surface area (Å²) in [5.74, 6) is -0.403. The van der Waals surface area contributed by atoms with Crippen molar-refractivity contribution < 1.29 is 13.9 Å². The number of hydrogen-bond acceptors (Lipinski definition) is 4. The lowest BCUT2D eigenvalue weighted by atomic mass is 10.1. The third kappa shape index (κ3) is 3.23. The minimum absolute atomic E-state index is 0.0285. The van der Waals surface area contributed by atoms with E-state index in [1.54, 1.807) is 12.1 Å². The van der Waals surface area contributed by atoms with Crippen molar-refractivity contribution in [1.82, 2.24) is 0 Å². The second kappa shape index (κ2) is 6.71. The van der Waals surface area contributed by atoms with Gasteiger partial charge in [0.15, 0.2) is 0 Å². The lowest BCUT2D eigenvalue weighted by Gasteiger charge is -2.09. The van der Waals surface area contributed by atoms with Crippen LogP contribution in [0.5, 0.6) is 0 Å².